The Labute approximate surface area is 91.5 Å². The number of hydrogen-bond donors (Lipinski definition) is 2. The minimum Gasteiger partial charge on any atom is -0.494 e. The first-order chi connectivity index (χ1) is 6.35. The molecule has 0 amide bonds. The van der Waals surface area contributed by atoms with Crippen LogP contribution in [0.25, 0.3) is 10.2 Å². The molecular weight excluding hydrogens is 222 g/mol. The van der Waals surface area contributed by atoms with Crippen LogP contribution < -0.4 is 16.0 Å². The number of hydrogen-bond acceptors (Lipinski definition) is 5. The Morgan fingerprint density at radius 2 is 2.29 bits per heavy atom. The predicted molar refractivity (Wildman–Crippen MR) is 61.2 cm³/mol. The lowest BCUT2D eigenvalue weighted by molar-refractivity contribution is 0.419. The van der Waals surface area contributed by atoms with Crippen molar-refractivity contribution in [2.45, 2.75) is 0 Å². The number of nitrogens with two attached hydrogens (primary N) is 1. The molecule has 4 nitrogen and oxygen atoms in total. The lowest BCUT2D eigenvalue weighted by Gasteiger charge is -1.97. The van der Waals surface area contributed by atoms with Crippen LogP contribution in [0, 0.1) is 0 Å². The van der Waals surface area contributed by atoms with Gasteiger partial charge in [0.15, 0.2) is 5.13 Å². The zero-order valence-electron chi connectivity index (χ0n) is 7.48. The van der Waals surface area contributed by atoms with Gasteiger partial charge >= 0.3 is 0 Å². The topological polar surface area (TPSA) is 60.2 Å². The highest BCUT2D eigenvalue weighted by molar-refractivity contribution is 7.22. The molecule has 0 radical (unpaired) electrons. The average molecular weight is 232 g/mol. The van der Waals surface area contributed by atoms with Crippen molar-refractivity contribution in [1.29, 1.82) is 0 Å². The monoisotopic (exact) mass is 231 g/mol. The van der Waals surface area contributed by atoms with Crippen molar-refractivity contribution in [2.24, 2.45) is 5.84 Å². The van der Waals surface area contributed by atoms with Crippen LogP contribution in [-0.2, 0) is 0 Å². The SMILES string of the molecule is COc1cccc2sc(NN)nc12.Cl. The molecule has 0 unspecified atom stereocenters. The number of benzene rings is 1. The van der Waals surface area contributed by atoms with Crippen molar-refractivity contribution >= 4 is 39.1 Å². The molecule has 1 aromatic heterocycles. The number of nitrogens with one attached hydrogen (secondary N) is 1. The average Bonchev–Trinajstić information content (AvgIpc) is 2.59. The molecular formula is C8H10ClN3OS. The quantitative estimate of drug-likeness (QED) is 0.613. The van der Waals surface area contributed by atoms with Gasteiger partial charge in [-0.2, -0.15) is 0 Å². The van der Waals surface area contributed by atoms with E-state index in [1.165, 1.54) is 11.3 Å². The number of thiazole rings is 1. The molecule has 0 saturated carbocycles. The molecule has 0 aliphatic rings. The number of para-hydroxylation sites is 1. The molecule has 6 heteroatoms. The van der Waals surface area contributed by atoms with Gasteiger partial charge in [0.05, 0.1) is 11.8 Å². The number of methoxy groups -OCH3 is 1. The normalized spacial score (nSPS) is 9.57. The highest BCUT2D eigenvalue weighted by Crippen LogP contribution is 2.31. The van der Waals surface area contributed by atoms with Crippen molar-refractivity contribution in [3.8, 4) is 5.75 Å². The van der Waals surface area contributed by atoms with E-state index in [1.54, 1.807) is 7.11 Å². The summed E-state index contributed by atoms with van der Waals surface area (Å²) in [6.07, 6.45) is 0. The number of anilines is 1. The lowest BCUT2D eigenvalue weighted by Crippen LogP contribution is -2.05. The maximum Gasteiger partial charge on any atom is 0.198 e. The maximum atomic E-state index is 5.26. The van der Waals surface area contributed by atoms with Crippen molar-refractivity contribution in [1.82, 2.24) is 4.98 Å². The van der Waals surface area contributed by atoms with Crippen LogP contribution in [0.15, 0.2) is 18.2 Å². The first kappa shape index (κ1) is 11.0. The zero-order chi connectivity index (χ0) is 9.26. The summed E-state index contributed by atoms with van der Waals surface area (Å²) < 4.78 is 6.22. The van der Waals surface area contributed by atoms with E-state index in [1.807, 2.05) is 18.2 Å². The van der Waals surface area contributed by atoms with Gasteiger partial charge in [0.1, 0.15) is 11.3 Å². The Hall–Kier alpha value is -1.04. The third kappa shape index (κ3) is 1.75. The fraction of sp³-hybridized carbons (Fsp3) is 0.125. The number of fused-ring (bicyclic) bond motifs is 1. The molecule has 76 valence electrons. The number of nitrogens with zero attached hydrogens (tertiary/aromatic N) is 1. The fourth-order valence-electron chi connectivity index (χ4n) is 1.15. The second-order valence-electron chi connectivity index (χ2n) is 2.47. The van der Waals surface area contributed by atoms with Crippen LogP contribution in [0.2, 0.25) is 0 Å². The highest BCUT2D eigenvalue weighted by atomic mass is 35.5. The van der Waals surface area contributed by atoms with Gasteiger partial charge in [-0.05, 0) is 12.1 Å². The summed E-state index contributed by atoms with van der Waals surface area (Å²) in [6.45, 7) is 0. The van der Waals surface area contributed by atoms with Crippen molar-refractivity contribution in [3.63, 3.8) is 0 Å². The molecule has 0 atom stereocenters. The van der Waals surface area contributed by atoms with E-state index < -0.39 is 0 Å². The lowest BCUT2D eigenvalue weighted by atomic mass is 10.3. The summed E-state index contributed by atoms with van der Waals surface area (Å²) >= 11 is 1.50. The summed E-state index contributed by atoms with van der Waals surface area (Å²) in [4.78, 5) is 4.26. The largest absolute Gasteiger partial charge is 0.494 e. The van der Waals surface area contributed by atoms with Gasteiger partial charge in [-0.1, -0.05) is 17.4 Å². The van der Waals surface area contributed by atoms with Crippen molar-refractivity contribution in [3.05, 3.63) is 18.2 Å². The number of rotatable bonds is 2. The van der Waals surface area contributed by atoms with E-state index in [0.717, 1.165) is 16.0 Å². The van der Waals surface area contributed by atoms with Crippen LogP contribution >= 0.6 is 23.7 Å². The third-order valence-corrected chi connectivity index (χ3v) is 2.68. The minimum absolute atomic E-state index is 0. The van der Waals surface area contributed by atoms with Gasteiger partial charge in [-0.15, -0.1) is 12.4 Å². The molecule has 0 fully saturated rings. The molecule has 0 saturated heterocycles. The maximum absolute atomic E-state index is 5.26. The zero-order valence-corrected chi connectivity index (χ0v) is 9.11. The summed E-state index contributed by atoms with van der Waals surface area (Å²) in [6, 6.07) is 5.79. The second-order valence-corrected chi connectivity index (χ2v) is 3.50. The van der Waals surface area contributed by atoms with Crippen LogP contribution in [-0.4, -0.2) is 12.1 Å². The minimum atomic E-state index is 0. The molecule has 3 N–H and O–H groups in total. The molecule has 1 heterocycles. The van der Waals surface area contributed by atoms with Gasteiger partial charge in [-0.3, -0.25) is 5.43 Å². The van der Waals surface area contributed by atoms with Crippen LogP contribution in [0.4, 0.5) is 5.13 Å². The second kappa shape index (κ2) is 4.45. The molecule has 0 bridgehead atoms. The van der Waals surface area contributed by atoms with E-state index in [9.17, 15) is 0 Å². The fourth-order valence-corrected chi connectivity index (χ4v) is 1.94. The Morgan fingerprint density at radius 3 is 2.93 bits per heavy atom. The standard InChI is InChI=1S/C8H9N3OS.ClH/c1-12-5-3-2-4-6-7(5)10-8(11-9)13-6;/h2-4H,9H2,1H3,(H,10,11);1H. The van der Waals surface area contributed by atoms with E-state index >= 15 is 0 Å². The van der Waals surface area contributed by atoms with Gasteiger partial charge in [-0.25, -0.2) is 10.8 Å². The van der Waals surface area contributed by atoms with Crippen molar-refractivity contribution < 1.29 is 4.74 Å². The molecule has 0 aliphatic carbocycles. The van der Waals surface area contributed by atoms with E-state index in [2.05, 4.69) is 10.4 Å². The number of aromatic nitrogens is 1. The number of ether oxygens (including phenoxy) is 1. The smallest absolute Gasteiger partial charge is 0.198 e. The predicted octanol–water partition coefficient (Wildman–Crippen LogP) is 2.01. The van der Waals surface area contributed by atoms with Gasteiger partial charge in [0.25, 0.3) is 0 Å². The summed E-state index contributed by atoms with van der Waals surface area (Å²) in [5, 5.41) is 0.694. The first-order valence-corrected chi connectivity index (χ1v) is 4.57. The highest BCUT2D eigenvalue weighted by Gasteiger charge is 2.06. The Kier molecular flexibility index (Phi) is 3.51. The summed E-state index contributed by atoms with van der Waals surface area (Å²) in [5.41, 5.74) is 3.37. The summed E-state index contributed by atoms with van der Waals surface area (Å²) in [5.74, 6) is 6.04. The molecule has 0 spiro atoms. The Balaban J connectivity index is 0.000000980. The number of hydrazine groups is 1. The first-order valence-electron chi connectivity index (χ1n) is 3.75. The van der Waals surface area contributed by atoms with E-state index in [-0.39, 0.29) is 12.4 Å². The van der Waals surface area contributed by atoms with Crippen LogP contribution in [0.3, 0.4) is 0 Å². The molecule has 2 rings (SSSR count). The Bertz CT molecular complexity index is 431. The van der Waals surface area contributed by atoms with Crippen molar-refractivity contribution in [2.75, 3.05) is 12.5 Å². The molecule has 1 aromatic carbocycles. The van der Waals surface area contributed by atoms with Gasteiger partial charge in [0, 0.05) is 0 Å². The molecule has 0 aliphatic heterocycles. The third-order valence-electron chi connectivity index (χ3n) is 1.73. The Morgan fingerprint density at radius 1 is 1.50 bits per heavy atom. The van der Waals surface area contributed by atoms with Crippen LogP contribution in [0.1, 0.15) is 0 Å². The van der Waals surface area contributed by atoms with Gasteiger partial charge in [0.2, 0.25) is 0 Å². The number of halogens is 1. The van der Waals surface area contributed by atoms with Gasteiger partial charge < -0.3 is 4.74 Å². The number of nitrogen functional groups attached to an aromatic ring is 1. The van der Waals surface area contributed by atoms with E-state index in [0.29, 0.717) is 5.13 Å². The molecule has 14 heavy (non-hydrogen) atoms. The molecule has 2 aromatic rings. The van der Waals surface area contributed by atoms with E-state index in [4.69, 9.17) is 10.6 Å². The summed E-state index contributed by atoms with van der Waals surface area (Å²) in [7, 11) is 1.63. The van der Waals surface area contributed by atoms with Crippen LogP contribution in [0.5, 0.6) is 5.75 Å².